The Kier molecular flexibility index (Phi) is 4.07. The van der Waals surface area contributed by atoms with Crippen LogP contribution in [0.2, 0.25) is 0 Å². The van der Waals surface area contributed by atoms with Crippen molar-refractivity contribution >= 4 is 32.7 Å². The zero-order valence-electron chi connectivity index (χ0n) is 8.20. The molecule has 1 aromatic carbocycles. The third-order valence-corrected chi connectivity index (χ3v) is 3.34. The van der Waals surface area contributed by atoms with Gasteiger partial charge in [-0.05, 0) is 53.3 Å². The zero-order chi connectivity index (χ0) is 11.6. The fourth-order valence-corrected chi connectivity index (χ4v) is 2.54. The van der Waals surface area contributed by atoms with Gasteiger partial charge in [0.15, 0.2) is 0 Å². The summed E-state index contributed by atoms with van der Waals surface area (Å²) in [5, 5.41) is 0. The highest BCUT2D eigenvalue weighted by Gasteiger charge is 2.15. The van der Waals surface area contributed by atoms with Crippen molar-refractivity contribution < 1.29 is 17.0 Å². The van der Waals surface area contributed by atoms with Gasteiger partial charge >= 0.3 is 0 Å². The first-order chi connectivity index (χ1) is 6.79. The molecule has 0 aliphatic rings. The van der Waals surface area contributed by atoms with Crippen LogP contribution in [0.5, 0.6) is 0 Å². The largest absolute Gasteiger partial charge is 0.264 e. The molecule has 0 aliphatic carbocycles. The Hall–Kier alpha value is -0.210. The van der Waals surface area contributed by atoms with Crippen LogP contribution in [0.15, 0.2) is 18.2 Å². The maximum absolute atomic E-state index is 12.9. The first-order valence-corrected chi connectivity index (χ1v) is 7.02. The SMILES string of the molecule is CC(OS(C)(=O)=O)c1cc(F)ccc1I. The number of hydrogen-bond donors (Lipinski definition) is 0. The lowest BCUT2D eigenvalue weighted by Gasteiger charge is -2.13. The summed E-state index contributed by atoms with van der Waals surface area (Å²) in [7, 11) is -3.53. The van der Waals surface area contributed by atoms with E-state index in [0.717, 1.165) is 9.83 Å². The van der Waals surface area contributed by atoms with Crippen LogP contribution in [0.25, 0.3) is 0 Å². The predicted molar refractivity (Wildman–Crippen MR) is 63.5 cm³/mol. The lowest BCUT2D eigenvalue weighted by molar-refractivity contribution is 0.235. The molecule has 0 saturated carbocycles. The Morgan fingerprint density at radius 2 is 2.07 bits per heavy atom. The molecule has 0 radical (unpaired) electrons. The van der Waals surface area contributed by atoms with Crippen molar-refractivity contribution in [3.8, 4) is 0 Å². The molecular weight excluding hydrogens is 334 g/mol. The van der Waals surface area contributed by atoms with Gasteiger partial charge in [-0.3, -0.25) is 4.18 Å². The quantitative estimate of drug-likeness (QED) is 0.625. The van der Waals surface area contributed by atoms with E-state index in [1.165, 1.54) is 12.1 Å². The summed E-state index contributed by atoms with van der Waals surface area (Å²) in [4.78, 5) is 0. The number of hydrogen-bond acceptors (Lipinski definition) is 3. The van der Waals surface area contributed by atoms with Gasteiger partial charge in [-0.15, -0.1) is 0 Å². The highest BCUT2D eigenvalue weighted by molar-refractivity contribution is 14.1. The Balaban J connectivity index is 3.00. The van der Waals surface area contributed by atoms with Crippen molar-refractivity contribution in [1.82, 2.24) is 0 Å². The van der Waals surface area contributed by atoms with Gasteiger partial charge in [0.2, 0.25) is 0 Å². The average molecular weight is 344 g/mol. The van der Waals surface area contributed by atoms with Gasteiger partial charge in [0, 0.05) is 3.57 Å². The first kappa shape index (κ1) is 12.9. The van der Waals surface area contributed by atoms with Gasteiger partial charge in [-0.25, -0.2) is 4.39 Å². The van der Waals surface area contributed by atoms with Crippen LogP contribution in [0.3, 0.4) is 0 Å². The molecule has 0 spiro atoms. The van der Waals surface area contributed by atoms with Gasteiger partial charge in [0.05, 0.1) is 6.26 Å². The maximum atomic E-state index is 12.9. The summed E-state index contributed by atoms with van der Waals surface area (Å²) in [6.07, 6.45) is 0.290. The minimum atomic E-state index is -3.53. The van der Waals surface area contributed by atoms with E-state index in [1.54, 1.807) is 13.0 Å². The Labute approximate surface area is 102 Å². The molecule has 84 valence electrons. The average Bonchev–Trinajstić information content (AvgIpc) is 2.06. The van der Waals surface area contributed by atoms with Gasteiger partial charge in [-0.1, -0.05) is 0 Å². The molecule has 1 atom stereocenters. The first-order valence-electron chi connectivity index (χ1n) is 4.13. The molecule has 0 aromatic heterocycles. The second kappa shape index (κ2) is 4.75. The summed E-state index contributed by atoms with van der Waals surface area (Å²) >= 11 is 2.00. The number of benzene rings is 1. The molecule has 0 aliphatic heterocycles. The van der Waals surface area contributed by atoms with Gasteiger partial charge in [0.25, 0.3) is 10.1 Å². The van der Waals surface area contributed by atoms with Crippen LogP contribution in [0.1, 0.15) is 18.6 Å². The second-order valence-corrected chi connectivity index (χ2v) is 5.87. The highest BCUT2D eigenvalue weighted by atomic mass is 127. The summed E-state index contributed by atoms with van der Waals surface area (Å²) < 4.78 is 40.2. The molecule has 0 amide bonds. The molecule has 1 unspecified atom stereocenters. The van der Waals surface area contributed by atoms with Crippen molar-refractivity contribution in [2.75, 3.05) is 6.26 Å². The van der Waals surface area contributed by atoms with Gasteiger partial charge in [0.1, 0.15) is 11.9 Å². The van der Waals surface area contributed by atoms with E-state index in [0.29, 0.717) is 5.56 Å². The number of halogens is 2. The van der Waals surface area contributed by atoms with E-state index in [4.69, 9.17) is 4.18 Å². The van der Waals surface area contributed by atoms with Crippen molar-refractivity contribution in [1.29, 1.82) is 0 Å². The Morgan fingerprint density at radius 1 is 1.47 bits per heavy atom. The predicted octanol–water partition coefficient (Wildman–Crippen LogP) is 2.47. The fourth-order valence-electron chi connectivity index (χ4n) is 1.14. The minimum absolute atomic E-state index is 0.408. The van der Waals surface area contributed by atoms with Gasteiger partial charge < -0.3 is 0 Å². The van der Waals surface area contributed by atoms with Crippen molar-refractivity contribution in [3.05, 3.63) is 33.1 Å². The van der Waals surface area contributed by atoms with Crippen molar-refractivity contribution in [2.45, 2.75) is 13.0 Å². The highest BCUT2D eigenvalue weighted by Crippen LogP contribution is 2.24. The second-order valence-electron chi connectivity index (χ2n) is 3.11. The molecule has 15 heavy (non-hydrogen) atoms. The molecule has 6 heteroatoms. The van der Waals surface area contributed by atoms with Gasteiger partial charge in [-0.2, -0.15) is 8.42 Å². The lowest BCUT2D eigenvalue weighted by atomic mass is 10.1. The van der Waals surface area contributed by atoms with E-state index in [9.17, 15) is 12.8 Å². The molecule has 0 N–H and O–H groups in total. The van der Waals surface area contributed by atoms with E-state index in [1.807, 2.05) is 22.6 Å². The van der Waals surface area contributed by atoms with Crippen LogP contribution < -0.4 is 0 Å². The molecule has 1 rings (SSSR count). The standard InChI is InChI=1S/C9H10FIO3S/c1-6(14-15(2,12)13)8-5-7(10)3-4-9(8)11/h3-6H,1-2H3. The van der Waals surface area contributed by atoms with Crippen molar-refractivity contribution in [3.63, 3.8) is 0 Å². The van der Waals surface area contributed by atoms with Crippen LogP contribution in [-0.4, -0.2) is 14.7 Å². The lowest BCUT2D eigenvalue weighted by Crippen LogP contribution is -2.08. The van der Waals surface area contributed by atoms with E-state index < -0.39 is 22.0 Å². The molecule has 0 fully saturated rings. The van der Waals surface area contributed by atoms with Crippen molar-refractivity contribution in [2.24, 2.45) is 0 Å². The molecular formula is C9H10FIO3S. The molecule has 3 nitrogen and oxygen atoms in total. The summed E-state index contributed by atoms with van der Waals surface area (Å²) in [5.41, 5.74) is 0.529. The smallest absolute Gasteiger partial charge is 0.262 e. The normalized spacial score (nSPS) is 13.9. The topological polar surface area (TPSA) is 43.4 Å². The number of rotatable bonds is 3. The minimum Gasteiger partial charge on any atom is -0.262 e. The molecule has 0 heterocycles. The van der Waals surface area contributed by atoms with E-state index in [-0.39, 0.29) is 0 Å². The molecule has 0 bridgehead atoms. The van der Waals surface area contributed by atoms with Crippen LogP contribution in [0, 0.1) is 9.39 Å². The van der Waals surface area contributed by atoms with E-state index >= 15 is 0 Å². The Morgan fingerprint density at radius 3 is 2.60 bits per heavy atom. The fraction of sp³-hybridized carbons (Fsp3) is 0.333. The van der Waals surface area contributed by atoms with E-state index in [2.05, 4.69) is 0 Å². The monoisotopic (exact) mass is 344 g/mol. The summed E-state index contributed by atoms with van der Waals surface area (Å²) in [6.45, 7) is 1.57. The molecule has 1 aromatic rings. The van der Waals surface area contributed by atoms with Crippen LogP contribution in [0.4, 0.5) is 4.39 Å². The summed E-state index contributed by atoms with van der Waals surface area (Å²) in [5.74, 6) is -0.408. The third kappa shape index (κ3) is 4.04. The Bertz CT molecular complexity index is 458. The van der Waals surface area contributed by atoms with Crippen LogP contribution >= 0.6 is 22.6 Å². The summed E-state index contributed by atoms with van der Waals surface area (Å²) in [6, 6.07) is 4.17. The third-order valence-electron chi connectivity index (χ3n) is 1.72. The molecule has 0 saturated heterocycles. The maximum Gasteiger partial charge on any atom is 0.264 e. The van der Waals surface area contributed by atoms with Crippen LogP contribution in [-0.2, 0) is 14.3 Å². The zero-order valence-corrected chi connectivity index (χ0v) is 11.2.